The van der Waals surface area contributed by atoms with Crippen molar-refractivity contribution >= 4 is 11.6 Å². The minimum Gasteiger partial charge on any atom is -0.505 e. The van der Waals surface area contributed by atoms with Gasteiger partial charge in [-0.15, -0.1) is 0 Å². The van der Waals surface area contributed by atoms with Crippen molar-refractivity contribution in [3.63, 3.8) is 0 Å². The minimum absolute atomic E-state index is 0.0256. The number of rotatable bonds is 2. The van der Waals surface area contributed by atoms with Crippen LogP contribution in [0.3, 0.4) is 0 Å². The molecule has 27 heavy (non-hydrogen) atoms. The van der Waals surface area contributed by atoms with Crippen LogP contribution in [0.5, 0.6) is 5.75 Å². The van der Waals surface area contributed by atoms with Gasteiger partial charge in [0.2, 0.25) is 0 Å². The van der Waals surface area contributed by atoms with Crippen molar-refractivity contribution in [2.45, 2.75) is 12.4 Å². The Bertz CT molecular complexity index is 1020. The van der Waals surface area contributed by atoms with Gasteiger partial charge in [-0.25, -0.2) is 9.50 Å². The number of carbonyl (C=O) groups excluding carboxylic acids is 1. The Hall–Kier alpha value is -3.31. The quantitative estimate of drug-likeness (QED) is 0.657. The van der Waals surface area contributed by atoms with E-state index in [-0.39, 0.29) is 17.3 Å². The number of amides is 1. The number of fused-ring (bicyclic) bond motifs is 1. The van der Waals surface area contributed by atoms with E-state index in [9.17, 15) is 36.2 Å². The zero-order valence-corrected chi connectivity index (χ0v) is 12.9. The Kier molecular flexibility index (Phi) is 4.01. The van der Waals surface area contributed by atoms with Crippen LogP contribution in [0.2, 0.25) is 0 Å². The highest BCUT2D eigenvalue weighted by Gasteiger charge is 2.37. The highest BCUT2D eigenvalue weighted by atomic mass is 19.4. The Morgan fingerprint density at radius 2 is 1.56 bits per heavy atom. The molecule has 0 saturated heterocycles. The maximum Gasteiger partial charge on any atom is 0.416 e. The minimum atomic E-state index is -5.05. The van der Waals surface area contributed by atoms with Crippen LogP contribution in [0.25, 0.3) is 16.8 Å². The van der Waals surface area contributed by atoms with E-state index in [1.54, 1.807) is 0 Å². The van der Waals surface area contributed by atoms with Crippen LogP contribution in [-0.4, -0.2) is 25.6 Å². The van der Waals surface area contributed by atoms with Crippen molar-refractivity contribution in [2.75, 3.05) is 0 Å². The van der Waals surface area contributed by atoms with Crippen molar-refractivity contribution in [3.8, 4) is 16.9 Å². The Labute approximate surface area is 145 Å². The Balaban J connectivity index is 2.36. The molecule has 0 bridgehead atoms. The number of aromatic hydroxyl groups is 1. The van der Waals surface area contributed by atoms with E-state index in [0.717, 1.165) is 16.9 Å². The molecule has 1 amide bonds. The third kappa shape index (κ3) is 3.25. The summed E-state index contributed by atoms with van der Waals surface area (Å²) in [5.41, 5.74) is 0.428. The molecule has 0 atom stereocenters. The molecular formula is C15H8F6N4O2. The fraction of sp³-hybridized carbons (Fsp3) is 0.133. The number of benzene rings is 1. The van der Waals surface area contributed by atoms with Gasteiger partial charge in [0, 0.05) is 5.56 Å². The molecule has 0 spiro atoms. The van der Waals surface area contributed by atoms with Crippen molar-refractivity contribution in [1.82, 2.24) is 14.6 Å². The molecule has 142 valence electrons. The van der Waals surface area contributed by atoms with Gasteiger partial charge in [-0.05, 0) is 29.8 Å². The molecule has 0 fully saturated rings. The van der Waals surface area contributed by atoms with Gasteiger partial charge in [0.15, 0.2) is 11.3 Å². The van der Waals surface area contributed by atoms with Gasteiger partial charge in [0.25, 0.3) is 5.91 Å². The number of carbonyl (C=O) groups is 1. The summed E-state index contributed by atoms with van der Waals surface area (Å²) >= 11 is 0. The van der Waals surface area contributed by atoms with E-state index in [2.05, 4.69) is 10.1 Å². The van der Waals surface area contributed by atoms with E-state index in [4.69, 9.17) is 5.73 Å². The van der Waals surface area contributed by atoms with Gasteiger partial charge in [0.05, 0.1) is 11.1 Å². The van der Waals surface area contributed by atoms with Crippen LogP contribution in [0, 0.1) is 0 Å². The summed E-state index contributed by atoms with van der Waals surface area (Å²) in [5.74, 6) is -1.89. The van der Waals surface area contributed by atoms with Crippen LogP contribution in [0.1, 0.15) is 21.6 Å². The molecule has 0 aliphatic carbocycles. The zero-order chi connectivity index (χ0) is 20.1. The Morgan fingerprint density at radius 3 is 2.04 bits per heavy atom. The number of pyridine rings is 1. The number of alkyl halides is 6. The normalized spacial score (nSPS) is 12.5. The smallest absolute Gasteiger partial charge is 0.416 e. The zero-order valence-electron chi connectivity index (χ0n) is 12.9. The van der Waals surface area contributed by atoms with Crippen molar-refractivity contribution in [3.05, 3.63) is 47.4 Å². The summed E-state index contributed by atoms with van der Waals surface area (Å²) in [7, 11) is 0. The average Bonchev–Trinajstić information content (AvgIpc) is 3.00. The molecule has 2 aromatic heterocycles. The lowest BCUT2D eigenvalue weighted by atomic mass is 9.99. The van der Waals surface area contributed by atoms with E-state index < -0.39 is 46.4 Å². The SMILES string of the molecule is NC(=O)c1c(O)cc(-c2cc(C(F)(F)F)cc(C(F)(F)F)c2)c2ncnn12. The van der Waals surface area contributed by atoms with Crippen LogP contribution in [0.4, 0.5) is 26.3 Å². The number of nitrogens with two attached hydrogens (primary N) is 1. The molecule has 6 nitrogen and oxygen atoms in total. The molecule has 3 aromatic rings. The molecule has 0 aliphatic heterocycles. The number of hydrogen-bond donors (Lipinski definition) is 2. The molecule has 1 aromatic carbocycles. The third-order valence-corrected chi connectivity index (χ3v) is 3.66. The summed E-state index contributed by atoms with van der Waals surface area (Å²) in [4.78, 5) is 15.2. The first-order valence-corrected chi connectivity index (χ1v) is 7.05. The topological polar surface area (TPSA) is 93.5 Å². The second kappa shape index (κ2) is 5.86. The number of primary amides is 1. The molecule has 2 heterocycles. The van der Waals surface area contributed by atoms with Gasteiger partial charge in [-0.3, -0.25) is 4.79 Å². The molecule has 0 saturated carbocycles. The van der Waals surface area contributed by atoms with E-state index in [0.29, 0.717) is 12.1 Å². The van der Waals surface area contributed by atoms with Gasteiger partial charge in [-0.2, -0.15) is 31.4 Å². The first-order chi connectivity index (χ1) is 12.4. The van der Waals surface area contributed by atoms with E-state index in [1.165, 1.54) is 0 Å². The number of halogens is 6. The predicted octanol–water partition coefficient (Wildman–Crippen LogP) is 3.24. The van der Waals surface area contributed by atoms with Crippen LogP contribution in [-0.2, 0) is 12.4 Å². The van der Waals surface area contributed by atoms with Gasteiger partial charge in [-0.1, -0.05) is 0 Å². The van der Waals surface area contributed by atoms with Crippen LogP contribution in [0.15, 0.2) is 30.6 Å². The molecular weight excluding hydrogens is 382 g/mol. The second-order valence-corrected chi connectivity index (χ2v) is 5.45. The van der Waals surface area contributed by atoms with Gasteiger partial charge < -0.3 is 10.8 Å². The summed E-state index contributed by atoms with van der Waals surface area (Å²) in [5, 5.41) is 13.6. The summed E-state index contributed by atoms with van der Waals surface area (Å²) in [6.45, 7) is 0. The largest absolute Gasteiger partial charge is 0.505 e. The lowest BCUT2D eigenvalue weighted by Gasteiger charge is -2.15. The van der Waals surface area contributed by atoms with Crippen LogP contribution < -0.4 is 5.73 Å². The highest BCUT2D eigenvalue weighted by Crippen LogP contribution is 2.40. The lowest BCUT2D eigenvalue weighted by Crippen LogP contribution is -2.17. The average molecular weight is 390 g/mol. The Morgan fingerprint density at radius 1 is 1.00 bits per heavy atom. The number of nitrogens with zero attached hydrogens (tertiary/aromatic N) is 3. The van der Waals surface area contributed by atoms with Gasteiger partial charge >= 0.3 is 12.4 Å². The molecule has 3 N–H and O–H groups in total. The fourth-order valence-electron chi connectivity index (χ4n) is 2.52. The van der Waals surface area contributed by atoms with Crippen molar-refractivity contribution in [2.24, 2.45) is 5.73 Å². The monoisotopic (exact) mass is 390 g/mol. The van der Waals surface area contributed by atoms with Crippen molar-refractivity contribution in [1.29, 1.82) is 0 Å². The summed E-state index contributed by atoms with van der Waals surface area (Å²) in [6.07, 6.45) is -9.19. The highest BCUT2D eigenvalue weighted by molar-refractivity contribution is 5.96. The van der Waals surface area contributed by atoms with E-state index in [1.807, 2.05) is 0 Å². The first kappa shape index (κ1) is 18.5. The fourth-order valence-corrected chi connectivity index (χ4v) is 2.52. The molecule has 0 unspecified atom stereocenters. The molecule has 3 rings (SSSR count). The van der Waals surface area contributed by atoms with Crippen molar-refractivity contribution < 1.29 is 36.2 Å². The van der Waals surface area contributed by atoms with Crippen LogP contribution >= 0.6 is 0 Å². The number of hydrogen-bond acceptors (Lipinski definition) is 4. The molecule has 0 aliphatic rings. The maximum atomic E-state index is 13.0. The third-order valence-electron chi connectivity index (χ3n) is 3.66. The molecule has 0 radical (unpaired) electrons. The second-order valence-electron chi connectivity index (χ2n) is 5.45. The number of aromatic nitrogens is 3. The first-order valence-electron chi connectivity index (χ1n) is 7.05. The predicted molar refractivity (Wildman–Crippen MR) is 78.6 cm³/mol. The van der Waals surface area contributed by atoms with E-state index >= 15 is 0 Å². The summed E-state index contributed by atoms with van der Waals surface area (Å²) in [6, 6.07) is 1.73. The molecule has 12 heteroatoms. The maximum absolute atomic E-state index is 13.0. The lowest BCUT2D eigenvalue weighted by molar-refractivity contribution is -0.143. The van der Waals surface area contributed by atoms with Gasteiger partial charge in [0.1, 0.15) is 12.1 Å². The summed E-state index contributed by atoms with van der Waals surface area (Å²) < 4.78 is 79.0. The standard InChI is InChI=1S/C15H8F6N4O2/c16-14(17,18)7-1-6(2-8(3-7)15(19,20)21)9-4-10(26)11(12(22)27)25-13(9)23-5-24-25/h1-5,26H,(H2,22,27).